The minimum atomic E-state index is 0.889. The van der Waals surface area contributed by atoms with Crippen molar-refractivity contribution in [3.05, 3.63) is 235 Å². The summed E-state index contributed by atoms with van der Waals surface area (Å²) < 4.78 is 6.16. The Labute approximate surface area is 304 Å². The van der Waals surface area contributed by atoms with Gasteiger partial charge in [0, 0.05) is 27.8 Å². The van der Waals surface area contributed by atoms with Crippen LogP contribution in [0.15, 0.2) is 217 Å². The highest BCUT2D eigenvalue weighted by molar-refractivity contribution is 6.07. The lowest BCUT2D eigenvalue weighted by Gasteiger charge is -2.25. The van der Waals surface area contributed by atoms with Crippen molar-refractivity contribution < 1.29 is 4.42 Å². The van der Waals surface area contributed by atoms with E-state index in [1.807, 2.05) is 12.1 Å². The molecule has 0 spiro atoms. The number of benzene rings is 8. The van der Waals surface area contributed by atoms with E-state index in [2.05, 4.69) is 205 Å². The van der Waals surface area contributed by atoms with E-state index in [0.29, 0.717) is 0 Å². The van der Waals surface area contributed by atoms with E-state index in [-0.39, 0.29) is 0 Å². The van der Waals surface area contributed by atoms with Crippen LogP contribution in [-0.2, 0) is 0 Å². The molecule has 0 saturated heterocycles. The summed E-state index contributed by atoms with van der Waals surface area (Å²) in [4.78, 5) is 2.31. The molecular weight excluding hydrogens is 631 g/mol. The second-order valence-electron chi connectivity index (χ2n) is 12.9. The fraction of sp³-hybridized carbons (Fsp3) is 0. The van der Waals surface area contributed by atoms with Gasteiger partial charge in [0.05, 0.1) is 0 Å². The van der Waals surface area contributed by atoms with Crippen molar-refractivity contribution in [2.45, 2.75) is 0 Å². The van der Waals surface area contributed by atoms with Crippen molar-refractivity contribution in [1.82, 2.24) is 0 Å². The van der Waals surface area contributed by atoms with Crippen LogP contribution in [0.25, 0.3) is 44.2 Å². The molecule has 0 fully saturated rings. The van der Waals surface area contributed by atoms with E-state index in [4.69, 9.17) is 4.42 Å². The molecule has 0 saturated carbocycles. The maximum atomic E-state index is 6.16. The topological polar surface area (TPSA) is 16.4 Å². The second kappa shape index (κ2) is 13.8. The van der Waals surface area contributed by atoms with E-state index >= 15 is 0 Å². The van der Waals surface area contributed by atoms with E-state index in [1.54, 1.807) is 0 Å². The molecule has 8 aromatic carbocycles. The number of hydrogen-bond acceptors (Lipinski definition) is 2. The van der Waals surface area contributed by atoms with Gasteiger partial charge in [-0.25, -0.2) is 0 Å². The van der Waals surface area contributed by atoms with Gasteiger partial charge in [0.2, 0.25) is 0 Å². The first kappa shape index (κ1) is 31.1. The Morgan fingerprint density at radius 3 is 1.42 bits per heavy atom. The van der Waals surface area contributed by atoms with Crippen LogP contribution in [0, 0.1) is 0 Å². The number of hydrogen-bond donors (Lipinski definition) is 0. The zero-order valence-corrected chi connectivity index (χ0v) is 28.6. The van der Waals surface area contributed by atoms with Crippen LogP contribution in [0.2, 0.25) is 0 Å². The van der Waals surface area contributed by atoms with Crippen LogP contribution in [0.1, 0.15) is 22.3 Å². The third-order valence-electron chi connectivity index (χ3n) is 9.68. The first-order chi connectivity index (χ1) is 25.8. The van der Waals surface area contributed by atoms with Crippen LogP contribution in [0.4, 0.5) is 17.1 Å². The minimum Gasteiger partial charge on any atom is -0.456 e. The summed E-state index contributed by atoms with van der Waals surface area (Å²) in [5.41, 5.74) is 14.5. The number of fused-ring (bicyclic) bond motifs is 3. The normalized spacial score (nSPS) is 11.1. The maximum absolute atomic E-state index is 6.16. The van der Waals surface area contributed by atoms with E-state index in [0.717, 1.165) is 50.1 Å². The Kier molecular flexibility index (Phi) is 8.24. The quantitative estimate of drug-likeness (QED) is 0.150. The highest BCUT2D eigenvalue weighted by Gasteiger charge is 2.18. The number of nitrogens with zero attached hydrogens (tertiary/aromatic N) is 1. The van der Waals surface area contributed by atoms with E-state index in [1.165, 1.54) is 33.4 Å². The van der Waals surface area contributed by atoms with Crippen molar-refractivity contribution in [3.63, 3.8) is 0 Å². The van der Waals surface area contributed by atoms with Crippen LogP contribution in [0.3, 0.4) is 0 Å². The van der Waals surface area contributed by atoms with Crippen molar-refractivity contribution in [2.75, 3.05) is 4.90 Å². The zero-order chi connectivity index (χ0) is 34.7. The molecule has 0 N–H and O–H groups in total. The van der Waals surface area contributed by atoms with Gasteiger partial charge in [-0.15, -0.1) is 0 Å². The van der Waals surface area contributed by atoms with Crippen molar-refractivity contribution in [1.29, 1.82) is 0 Å². The average molecular weight is 666 g/mol. The zero-order valence-electron chi connectivity index (χ0n) is 28.6. The van der Waals surface area contributed by atoms with Gasteiger partial charge in [0.15, 0.2) is 0 Å². The maximum Gasteiger partial charge on any atom is 0.135 e. The summed E-state index contributed by atoms with van der Waals surface area (Å²) in [7, 11) is 0. The fourth-order valence-corrected chi connectivity index (χ4v) is 7.26. The number of rotatable bonds is 8. The molecule has 0 radical (unpaired) electrons. The largest absolute Gasteiger partial charge is 0.456 e. The average Bonchev–Trinajstić information content (AvgIpc) is 3.60. The molecule has 0 amide bonds. The standard InChI is InChI=1S/C50H35NO/c1-5-16-37(17-6-1)49(38-18-7-2-8-19-38)50(39-20-9-3-10-21-39)41-23-15-22-40(34-41)36-28-30-43(31-29-36)51(42-24-11-4-12-25-42)44-32-33-48-46(35-44)45-26-13-14-27-47(45)52-48/h1-35H. The molecule has 0 bridgehead atoms. The lowest BCUT2D eigenvalue weighted by atomic mass is 9.85. The van der Waals surface area contributed by atoms with Crippen molar-refractivity contribution in [2.24, 2.45) is 0 Å². The predicted octanol–water partition coefficient (Wildman–Crippen LogP) is 13.7. The molecule has 0 atom stereocenters. The van der Waals surface area contributed by atoms with Gasteiger partial charge in [-0.05, 0) is 99.1 Å². The molecule has 9 aromatic rings. The first-order valence-electron chi connectivity index (χ1n) is 17.7. The summed E-state index contributed by atoms with van der Waals surface area (Å²) in [6, 6.07) is 75.3. The molecule has 2 nitrogen and oxygen atoms in total. The van der Waals surface area contributed by atoms with Gasteiger partial charge in [-0.2, -0.15) is 0 Å². The van der Waals surface area contributed by atoms with Gasteiger partial charge in [-0.3, -0.25) is 0 Å². The molecule has 0 aliphatic heterocycles. The summed E-state index contributed by atoms with van der Waals surface area (Å²) in [5, 5.41) is 2.23. The van der Waals surface area contributed by atoms with E-state index < -0.39 is 0 Å². The lowest BCUT2D eigenvalue weighted by molar-refractivity contribution is 0.669. The third kappa shape index (κ3) is 5.97. The van der Waals surface area contributed by atoms with Crippen LogP contribution in [-0.4, -0.2) is 0 Å². The van der Waals surface area contributed by atoms with Gasteiger partial charge in [0.1, 0.15) is 11.2 Å². The molecule has 0 aliphatic carbocycles. The van der Waals surface area contributed by atoms with Crippen LogP contribution < -0.4 is 4.90 Å². The second-order valence-corrected chi connectivity index (χ2v) is 12.9. The summed E-state index contributed by atoms with van der Waals surface area (Å²) in [6.07, 6.45) is 0. The summed E-state index contributed by atoms with van der Waals surface area (Å²) in [5.74, 6) is 0. The molecule has 1 aromatic heterocycles. The SMILES string of the molecule is c1ccc(C(=C(c2ccccc2)c2cccc(-c3ccc(N(c4ccccc4)c4ccc5oc6ccccc6c5c4)cc3)c2)c2ccccc2)cc1. The highest BCUT2D eigenvalue weighted by atomic mass is 16.3. The number of para-hydroxylation sites is 2. The monoisotopic (exact) mass is 665 g/mol. The highest BCUT2D eigenvalue weighted by Crippen LogP contribution is 2.41. The van der Waals surface area contributed by atoms with Gasteiger partial charge >= 0.3 is 0 Å². The predicted molar refractivity (Wildman–Crippen MR) is 218 cm³/mol. The Balaban J connectivity index is 1.15. The van der Waals surface area contributed by atoms with Crippen molar-refractivity contribution in [3.8, 4) is 11.1 Å². The Hall–Kier alpha value is -6.90. The van der Waals surface area contributed by atoms with Gasteiger partial charge < -0.3 is 9.32 Å². The molecule has 246 valence electrons. The smallest absolute Gasteiger partial charge is 0.135 e. The summed E-state index contributed by atoms with van der Waals surface area (Å²) in [6.45, 7) is 0. The first-order valence-corrected chi connectivity index (χ1v) is 17.7. The van der Waals surface area contributed by atoms with E-state index in [9.17, 15) is 0 Å². The number of furan rings is 1. The fourth-order valence-electron chi connectivity index (χ4n) is 7.26. The van der Waals surface area contributed by atoms with Crippen LogP contribution >= 0.6 is 0 Å². The molecule has 52 heavy (non-hydrogen) atoms. The van der Waals surface area contributed by atoms with Gasteiger partial charge in [-0.1, -0.05) is 158 Å². The Morgan fingerprint density at radius 2 is 0.788 bits per heavy atom. The number of anilines is 3. The molecule has 1 heterocycles. The molecule has 2 heteroatoms. The summed E-state index contributed by atoms with van der Waals surface area (Å²) >= 11 is 0. The lowest BCUT2D eigenvalue weighted by Crippen LogP contribution is -2.09. The minimum absolute atomic E-state index is 0.889. The Bertz CT molecular complexity index is 2600. The molecule has 0 aliphatic rings. The molecule has 9 rings (SSSR count). The third-order valence-corrected chi connectivity index (χ3v) is 9.68. The van der Waals surface area contributed by atoms with Crippen molar-refractivity contribution >= 4 is 50.1 Å². The molecule has 0 unspecified atom stereocenters. The van der Waals surface area contributed by atoms with Gasteiger partial charge in [0.25, 0.3) is 0 Å². The Morgan fingerprint density at radius 1 is 0.308 bits per heavy atom. The van der Waals surface area contributed by atoms with Crippen LogP contribution in [0.5, 0.6) is 0 Å². The molecular formula is C50H35NO.